The molecule has 6 aliphatic rings. The van der Waals surface area contributed by atoms with Gasteiger partial charge in [-0.25, -0.2) is 0 Å². The molecule has 9 unspecified atom stereocenters. The third-order valence-corrected chi connectivity index (χ3v) is 24.6. The summed E-state index contributed by atoms with van der Waals surface area (Å²) in [6, 6.07) is 37.9. The van der Waals surface area contributed by atoms with Gasteiger partial charge in [0.05, 0.1) is 18.5 Å². The highest BCUT2D eigenvalue weighted by Crippen LogP contribution is 2.40. The molecule has 10 aromatic carbocycles. The molecule has 1 saturated carbocycles. The minimum absolute atomic E-state index is 0.00236. The van der Waals surface area contributed by atoms with Crippen LogP contribution in [-0.4, -0.2) is 269 Å². The lowest BCUT2D eigenvalue weighted by molar-refractivity contribution is -0.158. The molecule has 39 nitrogen and oxygen atoms in total. The molecule has 9 atom stereocenters. The zero-order valence-electron chi connectivity index (χ0n) is 74.1. The number of rotatable bonds is 21. The van der Waals surface area contributed by atoms with Crippen LogP contribution in [0.4, 0.5) is 5.69 Å². The van der Waals surface area contributed by atoms with E-state index in [0.29, 0.717) is 103 Å². The van der Waals surface area contributed by atoms with Crippen LogP contribution in [-0.2, 0) is 67.4 Å². The summed E-state index contributed by atoms with van der Waals surface area (Å²) in [4.78, 5) is 121. The van der Waals surface area contributed by atoms with Crippen molar-refractivity contribution in [2.75, 3.05) is 52.1 Å². The van der Waals surface area contributed by atoms with E-state index < -0.39 is 30.2 Å². The van der Waals surface area contributed by atoms with Gasteiger partial charge in [0.25, 0.3) is 17.7 Å². The second-order valence-corrected chi connectivity index (χ2v) is 34.2. The largest absolute Gasteiger partial charge is 0.504 e. The Hall–Kier alpha value is -16.6. The maximum absolute atomic E-state index is 12.9. The molecule has 137 heavy (non-hydrogen) atoms. The fourth-order valence-corrected chi connectivity index (χ4v) is 17.0. The van der Waals surface area contributed by atoms with E-state index in [1.807, 2.05) is 0 Å². The molecule has 6 fully saturated rings. The lowest BCUT2D eigenvalue weighted by atomic mass is 9.81. The Labute approximate surface area is 783 Å². The van der Waals surface area contributed by atoms with E-state index in [2.05, 4.69) is 26.6 Å². The van der Waals surface area contributed by atoms with Crippen molar-refractivity contribution in [2.45, 2.75) is 126 Å². The van der Waals surface area contributed by atoms with E-state index in [4.69, 9.17) is 0 Å². The van der Waals surface area contributed by atoms with Crippen molar-refractivity contribution in [1.82, 2.24) is 45.8 Å². The summed E-state index contributed by atoms with van der Waals surface area (Å²) in [7, 11) is 3.11. The number of likely N-dealkylation sites (tertiary alicyclic amines) is 3. The van der Waals surface area contributed by atoms with E-state index >= 15 is 0 Å². The smallest absolute Gasteiger partial charge is 0.254 e. The topological polar surface area (TPSA) is 635 Å². The van der Waals surface area contributed by atoms with Gasteiger partial charge >= 0.3 is 0 Å². The number of phenolic OH excluding ortho intramolecular Hbond substituents is 20. The highest BCUT2D eigenvalue weighted by Gasteiger charge is 2.48. The summed E-state index contributed by atoms with van der Waals surface area (Å²) < 4.78 is 0. The summed E-state index contributed by atoms with van der Waals surface area (Å²) >= 11 is 0. The number of nitrogens with one attached hydrogen (secondary N) is 5. The zero-order chi connectivity index (χ0) is 99.1. The lowest BCUT2D eigenvalue weighted by Crippen LogP contribution is -2.63. The van der Waals surface area contributed by atoms with E-state index in [1.54, 1.807) is 60.3 Å². The Morgan fingerprint density at radius 1 is 0.350 bits per heavy atom. The van der Waals surface area contributed by atoms with Crippen molar-refractivity contribution in [3.8, 4) is 115 Å². The van der Waals surface area contributed by atoms with Crippen LogP contribution >= 0.6 is 0 Å². The Morgan fingerprint density at radius 3 is 1.09 bits per heavy atom. The first-order valence-electron chi connectivity index (χ1n) is 43.6. The number of piperazine rings is 3. The van der Waals surface area contributed by atoms with Crippen LogP contribution < -0.4 is 26.6 Å². The van der Waals surface area contributed by atoms with Crippen LogP contribution in [0.25, 0.3) is 0 Å². The molecule has 0 aromatic heterocycles. The average molecular weight is 1890 g/mol. The molecular formula is C98H106N10O29. The minimum atomic E-state index is -0.795. The molecule has 25 N–H and O–H groups in total. The minimum Gasteiger partial charge on any atom is -0.504 e. The molecule has 5 saturated heterocycles. The van der Waals surface area contributed by atoms with Gasteiger partial charge in [-0.2, -0.15) is 0 Å². The number of nitrogens with zero attached hydrogens (tertiary/aromatic N) is 5. The number of carbonyl (C=O) groups is 9. The monoisotopic (exact) mass is 1890 g/mol. The van der Waals surface area contributed by atoms with Crippen molar-refractivity contribution in [1.29, 1.82) is 0 Å². The third kappa shape index (κ3) is 25.0. The number of hydrogen-bond acceptors (Lipinski definition) is 30. The van der Waals surface area contributed by atoms with Gasteiger partial charge in [0, 0.05) is 101 Å². The van der Waals surface area contributed by atoms with E-state index in [9.17, 15) is 145 Å². The first kappa shape index (κ1) is 99.4. The number of fused-ring (bicyclic) bond motifs is 2. The lowest BCUT2D eigenvalue weighted by Gasteiger charge is -2.42. The van der Waals surface area contributed by atoms with E-state index in [0.717, 1.165) is 37.8 Å². The summed E-state index contributed by atoms with van der Waals surface area (Å²) in [5.74, 6) is -7.16. The second kappa shape index (κ2) is 43.8. The van der Waals surface area contributed by atoms with Gasteiger partial charge in [-0.1, -0.05) is 42.8 Å². The maximum Gasteiger partial charge on any atom is 0.254 e. The van der Waals surface area contributed by atoms with Crippen LogP contribution in [0, 0.1) is 11.8 Å². The van der Waals surface area contributed by atoms with Crippen LogP contribution in [0.5, 0.6) is 115 Å². The van der Waals surface area contributed by atoms with Crippen molar-refractivity contribution in [2.24, 2.45) is 11.8 Å². The van der Waals surface area contributed by atoms with Crippen molar-refractivity contribution in [3.05, 3.63) is 232 Å². The van der Waals surface area contributed by atoms with E-state index in [1.165, 1.54) is 160 Å². The maximum atomic E-state index is 12.9. The quantitative estimate of drug-likeness (QED) is 0.0254. The molecule has 10 aromatic rings. The second-order valence-electron chi connectivity index (χ2n) is 34.2. The summed E-state index contributed by atoms with van der Waals surface area (Å²) in [6.45, 7) is 3.26. The predicted molar refractivity (Wildman–Crippen MR) is 490 cm³/mol. The van der Waals surface area contributed by atoms with Crippen molar-refractivity contribution < 1.29 is 145 Å². The molecule has 9 amide bonds. The number of benzene rings is 10. The highest BCUT2D eigenvalue weighted by molar-refractivity contribution is 6.01. The number of likely N-dealkylation sites (N-methyl/N-ethyl adjacent to an activating group) is 2. The van der Waals surface area contributed by atoms with Gasteiger partial charge in [0.1, 0.15) is 30.2 Å². The van der Waals surface area contributed by atoms with Gasteiger partial charge < -0.3 is 153 Å². The number of carbonyl (C=O) groups excluding carboxylic acids is 9. The SMILES string of the molecule is CN1C(=O)C(Cc2ccc(O)c(O)c2)N(C)C(=O)C1Cc1ccc(O)c(O)c1.O=C(NCC1CCCC(CNCc2ccc(O)c(O)c2)C1)c1ccc(O)c(O)c1.O=C(Nc1ccc(O)c(O)c1)C1CCCN1C(=O)Cc1ccc(O)c(O)c1.O=C(c1ccc(O)c(O)c1)N1CC2CC1CN2C(=O)c1ccc(O)c(O)c1.O=C1NC(Cc2ccc(O)c(O)c2)C(=O)NC1Cc1ccc(O)c(O)c1. The fourth-order valence-electron chi connectivity index (χ4n) is 17.0. The third-order valence-electron chi connectivity index (χ3n) is 24.6. The van der Waals surface area contributed by atoms with Gasteiger partial charge in [-0.15, -0.1) is 0 Å². The summed E-state index contributed by atoms with van der Waals surface area (Å²) in [5, 5.41) is 204. The first-order chi connectivity index (χ1) is 65.1. The molecule has 16 rings (SSSR count). The molecule has 5 heterocycles. The summed E-state index contributed by atoms with van der Waals surface area (Å²) in [5.41, 5.74) is 5.04. The standard InChI is InChI=1S/C22H28N2O5.C20H22N2O6.C19H18N2O6.C19H20N2O6.C18H18N2O6/c25-18-6-4-16(9-20(18)27)12-23-11-14-2-1-3-15(8-14)13-24-22(29)17-5-7-19(26)21(28)10-17;1-21-13(7-11-3-5-15(23)17(25)9-11)20(28)22(2)14(19(21)27)8-12-4-6-16(24)18(26)10-12;22-14-3-1-10(5-16(14)24)18(26)20-8-13-7-12(20)9-21(13)19(27)11-2-4-15(23)17(25)6-11;22-14-5-3-11(8-16(14)24)9-18(26)21-7-1-2-13(21)19(27)20-12-4-6-15(23)17(25)10-12;21-13-3-1-9(7-15(13)23)5-11-17(25)20-12(18(26)19-11)6-10-2-4-14(22)16(24)8-10/h4-7,9-10,14-15,23,25-28H,1-3,8,11-13H2,(H,24,29);3-6,9-10,13-14,23-26H,7-8H2,1-2H3;1-6,12-13,22-25H,7-9H2;3-6,8,10,13,22-25H,1-2,7,9H2,(H,20,27);1-4,7-8,11-12,21-24H,5-6H2,(H,19,26)(H,20,25). The van der Waals surface area contributed by atoms with Gasteiger partial charge in [-0.05, 0) is 230 Å². The normalized spacial score (nSPS) is 19.2. The highest BCUT2D eigenvalue weighted by atomic mass is 16.3. The number of aromatic hydroxyl groups is 20. The number of anilines is 1. The Morgan fingerprint density at radius 2 is 0.693 bits per heavy atom. The molecule has 39 heteroatoms. The molecule has 722 valence electrons. The Bertz CT molecular complexity index is 5880. The number of hydrogen-bond donors (Lipinski definition) is 25. The molecule has 0 radical (unpaired) electrons. The Kier molecular flexibility index (Phi) is 31.8. The van der Waals surface area contributed by atoms with Gasteiger partial charge in [0.2, 0.25) is 35.4 Å². The molecule has 0 spiro atoms. The van der Waals surface area contributed by atoms with Gasteiger partial charge in [-0.3, -0.25) is 43.2 Å². The van der Waals surface area contributed by atoms with Gasteiger partial charge in [0.15, 0.2) is 115 Å². The number of amides is 9. The molecule has 2 bridgehead atoms. The van der Waals surface area contributed by atoms with Crippen LogP contribution in [0.1, 0.15) is 109 Å². The van der Waals surface area contributed by atoms with Crippen LogP contribution in [0.2, 0.25) is 0 Å². The Balaban J connectivity index is 0.000000154. The number of phenols is 20. The molecule has 1 aliphatic carbocycles. The van der Waals surface area contributed by atoms with Crippen LogP contribution in [0.3, 0.4) is 0 Å². The zero-order valence-corrected chi connectivity index (χ0v) is 74.1. The van der Waals surface area contributed by atoms with E-state index in [-0.39, 0.29) is 223 Å². The summed E-state index contributed by atoms with van der Waals surface area (Å²) in [6.07, 6.45) is 6.95. The average Bonchev–Trinajstić information content (AvgIpc) is 1.62. The molecular weight excluding hydrogens is 1780 g/mol. The predicted octanol–water partition coefficient (Wildman–Crippen LogP) is 7.00. The van der Waals surface area contributed by atoms with Crippen molar-refractivity contribution >= 4 is 58.9 Å². The first-order valence-corrected chi connectivity index (χ1v) is 43.6. The molecule has 5 aliphatic heterocycles. The fraction of sp³-hybridized carbons (Fsp3) is 0.296. The van der Waals surface area contributed by atoms with Crippen molar-refractivity contribution in [3.63, 3.8) is 0 Å². The van der Waals surface area contributed by atoms with Crippen LogP contribution in [0.15, 0.2) is 182 Å².